The number of carbonyl (C=O) groups excluding carboxylic acids is 1. The van der Waals surface area contributed by atoms with Gasteiger partial charge in [-0.15, -0.1) is 11.8 Å². The minimum Gasteiger partial charge on any atom is -0.468 e. The highest BCUT2D eigenvalue weighted by Gasteiger charge is 2.11. The van der Waals surface area contributed by atoms with Crippen LogP contribution in [0.3, 0.4) is 0 Å². The predicted octanol–water partition coefficient (Wildman–Crippen LogP) is 0.240. The predicted molar refractivity (Wildman–Crippen MR) is 43.0 cm³/mol. The Kier molecular flexibility index (Phi) is 5.43. The molecule has 0 heterocycles. The Morgan fingerprint density at radius 3 is 2.80 bits per heavy atom. The first-order valence-corrected chi connectivity index (χ1v) is 4.16. The second-order valence-corrected chi connectivity index (χ2v) is 3.27. The molecule has 0 aromatic carbocycles. The van der Waals surface area contributed by atoms with Crippen molar-refractivity contribution in [2.75, 3.05) is 19.4 Å². The second-order valence-electron chi connectivity index (χ2n) is 1.82. The molecule has 60 valence electrons. The highest BCUT2D eigenvalue weighted by Crippen LogP contribution is 2.09. The van der Waals surface area contributed by atoms with Gasteiger partial charge in [0.25, 0.3) is 0 Å². The highest BCUT2D eigenvalue weighted by atomic mass is 32.2. The Hall–Kier alpha value is -0.220. The molecule has 1 unspecified atom stereocenters. The summed E-state index contributed by atoms with van der Waals surface area (Å²) in [4.78, 5) is 10.7. The number of thioether (sulfide) groups is 1. The van der Waals surface area contributed by atoms with Gasteiger partial charge in [0.1, 0.15) is 0 Å². The maximum Gasteiger partial charge on any atom is 0.318 e. The van der Waals surface area contributed by atoms with Crippen LogP contribution in [0.4, 0.5) is 0 Å². The molecule has 3 nitrogen and oxygen atoms in total. The zero-order valence-corrected chi connectivity index (χ0v) is 7.11. The first-order chi connectivity index (χ1) is 4.72. The third kappa shape index (κ3) is 3.74. The lowest BCUT2D eigenvalue weighted by Gasteiger charge is -2.06. The SMILES string of the molecule is COC(=O)C(C)SCCN. The topological polar surface area (TPSA) is 52.3 Å². The number of methoxy groups -OCH3 is 1. The lowest BCUT2D eigenvalue weighted by molar-refractivity contribution is -0.139. The van der Waals surface area contributed by atoms with Crippen molar-refractivity contribution in [2.45, 2.75) is 12.2 Å². The average molecular weight is 163 g/mol. The molecule has 0 aliphatic rings. The van der Waals surface area contributed by atoms with Crippen molar-refractivity contribution in [3.8, 4) is 0 Å². The fourth-order valence-electron chi connectivity index (χ4n) is 0.479. The van der Waals surface area contributed by atoms with E-state index in [0.29, 0.717) is 6.54 Å². The second kappa shape index (κ2) is 5.56. The van der Waals surface area contributed by atoms with E-state index in [1.165, 1.54) is 18.9 Å². The number of hydrogen-bond donors (Lipinski definition) is 1. The maximum absolute atomic E-state index is 10.7. The molecular weight excluding hydrogens is 150 g/mol. The maximum atomic E-state index is 10.7. The third-order valence-electron chi connectivity index (χ3n) is 1.02. The lowest BCUT2D eigenvalue weighted by atomic mass is 10.5. The number of hydrogen-bond acceptors (Lipinski definition) is 4. The fraction of sp³-hybridized carbons (Fsp3) is 0.833. The van der Waals surface area contributed by atoms with Crippen LogP contribution in [0.25, 0.3) is 0 Å². The minimum absolute atomic E-state index is 0.0893. The number of esters is 1. The molecule has 0 bridgehead atoms. The summed E-state index contributed by atoms with van der Waals surface area (Å²) in [6, 6.07) is 0. The van der Waals surface area contributed by atoms with Crippen molar-refractivity contribution < 1.29 is 9.53 Å². The van der Waals surface area contributed by atoms with Crippen LogP contribution in [0.5, 0.6) is 0 Å². The summed E-state index contributed by atoms with van der Waals surface area (Å²) in [5, 5.41) is -0.0893. The molecule has 1 atom stereocenters. The van der Waals surface area contributed by atoms with E-state index < -0.39 is 0 Å². The number of rotatable bonds is 4. The van der Waals surface area contributed by atoms with E-state index >= 15 is 0 Å². The molecule has 0 fully saturated rings. The minimum atomic E-state index is -0.182. The van der Waals surface area contributed by atoms with Gasteiger partial charge in [0.05, 0.1) is 12.4 Å². The Morgan fingerprint density at radius 1 is 1.80 bits per heavy atom. The van der Waals surface area contributed by atoms with Crippen molar-refractivity contribution in [3.05, 3.63) is 0 Å². The van der Waals surface area contributed by atoms with Crippen molar-refractivity contribution in [2.24, 2.45) is 5.73 Å². The summed E-state index contributed by atoms with van der Waals surface area (Å²) in [5.41, 5.74) is 5.25. The van der Waals surface area contributed by atoms with E-state index in [9.17, 15) is 4.79 Å². The van der Waals surface area contributed by atoms with Crippen LogP contribution < -0.4 is 5.73 Å². The number of nitrogens with two attached hydrogens (primary N) is 1. The van der Waals surface area contributed by atoms with Crippen LogP contribution in [0.15, 0.2) is 0 Å². The number of ether oxygens (including phenoxy) is 1. The van der Waals surface area contributed by atoms with Crippen molar-refractivity contribution in [3.63, 3.8) is 0 Å². The molecule has 0 aliphatic carbocycles. The zero-order valence-electron chi connectivity index (χ0n) is 6.29. The summed E-state index contributed by atoms with van der Waals surface area (Å²) >= 11 is 1.51. The molecule has 0 rings (SSSR count). The van der Waals surface area contributed by atoms with E-state index in [0.717, 1.165) is 5.75 Å². The number of carbonyl (C=O) groups is 1. The molecule has 0 saturated carbocycles. The van der Waals surface area contributed by atoms with Crippen LogP contribution in [0, 0.1) is 0 Å². The van der Waals surface area contributed by atoms with Gasteiger partial charge in [-0.3, -0.25) is 4.79 Å². The molecule has 0 aliphatic heterocycles. The summed E-state index contributed by atoms with van der Waals surface area (Å²) in [6.45, 7) is 2.41. The first kappa shape index (κ1) is 9.78. The van der Waals surface area contributed by atoms with Crippen molar-refractivity contribution >= 4 is 17.7 Å². The molecule has 0 aromatic heterocycles. The summed E-state index contributed by atoms with van der Waals surface area (Å²) in [7, 11) is 1.39. The van der Waals surface area contributed by atoms with Gasteiger partial charge in [-0.2, -0.15) is 0 Å². The Bertz CT molecular complexity index is 108. The molecular formula is C6H13NO2S. The van der Waals surface area contributed by atoms with E-state index in [-0.39, 0.29) is 11.2 Å². The van der Waals surface area contributed by atoms with Crippen LogP contribution >= 0.6 is 11.8 Å². The van der Waals surface area contributed by atoms with Crippen LogP contribution in [0.2, 0.25) is 0 Å². The van der Waals surface area contributed by atoms with E-state index in [4.69, 9.17) is 5.73 Å². The van der Waals surface area contributed by atoms with E-state index in [2.05, 4.69) is 4.74 Å². The van der Waals surface area contributed by atoms with Gasteiger partial charge < -0.3 is 10.5 Å². The molecule has 0 amide bonds. The average Bonchev–Trinajstić information content (AvgIpc) is 1.98. The molecule has 4 heteroatoms. The molecule has 0 saturated heterocycles. The molecule has 10 heavy (non-hydrogen) atoms. The Labute approximate surface area is 65.3 Å². The van der Waals surface area contributed by atoms with Crippen LogP contribution in [-0.2, 0) is 9.53 Å². The van der Waals surface area contributed by atoms with Gasteiger partial charge in [-0.05, 0) is 6.92 Å². The van der Waals surface area contributed by atoms with Crippen molar-refractivity contribution in [1.82, 2.24) is 0 Å². The van der Waals surface area contributed by atoms with Crippen LogP contribution in [-0.4, -0.2) is 30.6 Å². The zero-order chi connectivity index (χ0) is 7.98. The Balaban J connectivity index is 3.41. The van der Waals surface area contributed by atoms with Gasteiger partial charge in [0.15, 0.2) is 0 Å². The van der Waals surface area contributed by atoms with Gasteiger partial charge in [-0.25, -0.2) is 0 Å². The smallest absolute Gasteiger partial charge is 0.318 e. The first-order valence-electron chi connectivity index (χ1n) is 3.12. The Morgan fingerprint density at radius 2 is 2.40 bits per heavy atom. The highest BCUT2D eigenvalue weighted by molar-refractivity contribution is 8.00. The van der Waals surface area contributed by atoms with Crippen LogP contribution in [0.1, 0.15) is 6.92 Å². The quantitative estimate of drug-likeness (QED) is 0.603. The third-order valence-corrected chi connectivity index (χ3v) is 2.18. The molecule has 0 spiro atoms. The van der Waals surface area contributed by atoms with Gasteiger partial charge in [0, 0.05) is 12.3 Å². The fourth-order valence-corrected chi connectivity index (χ4v) is 1.20. The summed E-state index contributed by atoms with van der Waals surface area (Å²) in [5.74, 6) is 0.620. The standard InChI is InChI=1S/C6H13NO2S/c1-5(6(8)9-2)10-4-3-7/h5H,3-4,7H2,1-2H3. The summed E-state index contributed by atoms with van der Waals surface area (Å²) < 4.78 is 4.51. The van der Waals surface area contributed by atoms with Crippen molar-refractivity contribution in [1.29, 1.82) is 0 Å². The van der Waals surface area contributed by atoms with Gasteiger partial charge in [0.2, 0.25) is 0 Å². The van der Waals surface area contributed by atoms with Gasteiger partial charge in [-0.1, -0.05) is 0 Å². The monoisotopic (exact) mass is 163 g/mol. The van der Waals surface area contributed by atoms with E-state index in [1.807, 2.05) is 6.92 Å². The largest absolute Gasteiger partial charge is 0.468 e. The molecule has 0 radical (unpaired) electrons. The molecule has 2 N–H and O–H groups in total. The van der Waals surface area contributed by atoms with E-state index in [1.54, 1.807) is 0 Å². The molecule has 0 aromatic rings. The van der Waals surface area contributed by atoms with Gasteiger partial charge >= 0.3 is 5.97 Å². The lowest BCUT2D eigenvalue weighted by Crippen LogP contribution is -2.17. The normalized spacial score (nSPS) is 12.7. The summed E-state index contributed by atoms with van der Waals surface area (Å²) in [6.07, 6.45) is 0.